The third-order valence-electron chi connectivity index (χ3n) is 13.5. The fourth-order valence-corrected chi connectivity index (χ4v) is 10.8. The Kier molecular flexibility index (Phi) is 6.91. The molecule has 0 aliphatic heterocycles. The number of fused-ring (bicyclic) bond motifs is 2. The molecule has 0 aromatic carbocycles. The van der Waals surface area contributed by atoms with Gasteiger partial charge in [0.1, 0.15) is 12.1 Å². The molecular formula is C32H52O4. The Labute approximate surface area is 220 Å². The van der Waals surface area contributed by atoms with Gasteiger partial charge in [-0.05, 0) is 96.7 Å². The molecule has 4 aliphatic carbocycles. The molecule has 4 aliphatic rings. The lowest BCUT2D eigenvalue weighted by atomic mass is 9.34. The fraction of sp³-hybridized carbons (Fsp3) is 0.906. The van der Waals surface area contributed by atoms with Crippen molar-refractivity contribution in [1.29, 1.82) is 0 Å². The highest BCUT2D eigenvalue weighted by Gasteiger charge is 2.67. The van der Waals surface area contributed by atoms with E-state index in [-0.39, 0.29) is 33.0 Å². The zero-order valence-corrected chi connectivity index (χ0v) is 24.4. The van der Waals surface area contributed by atoms with Crippen molar-refractivity contribution in [3.05, 3.63) is 0 Å². The van der Waals surface area contributed by atoms with Crippen LogP contribution in [0.25, 0.3) is 0 Å². The first-order valence-electron chi connectivity index (χ1n) is 14.7. The second kappa shape index (κ2) is 8.94. The van der Waals surface area contributed by atoms with E-state index in [9.17, 15) is 14.4 Å². The number of rotatable bonds is 6. The maximum absolute atomic E-state index is 13.0. The molecule has 0 saturated heterocycles. The Morgan fingerprint density at radius 1 is 0.889 bits per heavy atom. The van der Waals surface area contributed by atoms with E-state index in [2.05, 4.69) is 55.4 Å². The summed E-state index contributed by atoms with van der Waals surface area (Å²) in [5, 5.41) is 0. The van der Waals surface area contributed by atoms with Gasteiger partial charge in [0.15, 0.2) is 0 Å². The first kappa shape index (κ1) is 27.8. The Hall–Kier alpha value is -1.19. The molecule has 204 valence electrons. The molecular weight excluding hydrogens is 448 g/mol. The van der Waals surface area contributed by atoms with Crippen molar-refractivity contribution >= 4 is 18.5 Å². The third-order valence-corrected chi connectivity index (χ3v) is 13.5. The van der Waals surface area contributed by atoms with E-state index in [1.807, 2.05) is 0 Å². The van der Waals surface area contributed by atoms with Gasteiger partial charge in [-0.1, -0.05) is 55.4 Å². The summed E-state index contributed by atoms with van der Waals surface area (Å²) in [6, 6.07) is 0. The summed E-state index contributed by atoms with van der Waals surface area (Å²) in [6.45, 7) is 20.2. The van der Waals surface area contributed by atoms with E-state index in [1.54, 1.807) is 0 Å². The molecule has 0 bridgehead atoms. The summed E-state index contributed by atoms with van der Waals surface area (Å²) >= 11 is 0. The molecule has 36 heavy (non-hydrogen) atoms. The van der Waals surface area contributed by atoms with E-state index in [0.717, 1.165) is 38.5 Å². The number of aldehydes is 1. The van der Waals surface area contributed by atoms with Crippen molar-refractivity contribution in [3.8, 4) is 0 Å². The lowest BCUT2D eigenvalue weighted by molar-refractivity contribution is -0.218. The minimum Gasteiger partial charge on any atom is -0.467 e. The van der Waals surface area contributed by atoms with Crippen LogP contribution in [0.15, 0.2) is 0 Å². The number of ketones is 1. The fourth-order valence-electron chi connectivity index (χ4n) is 10.8. The summed E-state index contributed by atoms with van der Waals surface area (Å²) in [4.78, 5) is 36.5. The molecule has 0 amide bonds. The van der Waals surface area contributed by atoms with Gasteiger partial charge in [0.25, 0.3) is 6.47 Å². The zero-order chi connectivity index (χ0) is 26.8. The molecule has 4 nitrogen and oxygen atoms in total. The van der Waals surface area contributed by atoms with Crippen LogP contribution in [-0.4, -0.2) is 25.1 Å². The molecule has 0 N–H and O–H groups in total. The molecule has 4 rings (SSSR count). The van der Waals surface area contributed by atoms with Crippen LogP contribution >= 0.6 is 0 Å². The first-order chi connectivity index (χ1) is 16.6. The number of ether oxygens (including phenoxy) is 1. The van der Waals surface area contributed by atoms with Gasteiger partial charge in [0, 0.05) is 23.7 Å². The molecule has 8 atom stereocenters. The Bertz CT molecular complexity index is 891. The van der Waals surface area contributed by atoms with Gasteiger partial charge >= 0.3 is 0 Å². The van der Waals surface area contributed by atoms with Gasteiger partial charge in [-0.15, -0.1) is 0 Å². The molecule has 0 spiro atoms. The van der Waals surface area contributed by atoms with Crippen LogP contribution in [0, 0.1) is 56.2 Å². The van der Waals surface area contributed by atoms with Crippen LogP contribution in [-0.2, 0) is 19.1 Å². The van der Waals surface area contributed by atoms with Gasteiger partial charge in [0.2, 0.25) is 0 Å². The number of hydrogen-bond acceptors (Lipinski definition) is 4. The average Bonchev–Trinajstić information content (AvgIpc) is 2.81. The SMILES string of the molecule is CC1C2CC(C)(C)CCC2(COC=O)CC[C@@]1(C)[C@]1(C)CCC2C(C)(C)C(=O)CC[C@]2(C)[C@H]1CC=O. The standard InChI is InChI=1S/C32H52O4/c1-22-23-19-27(2,3)14-16-32(23,20-36-21-34)17-15-30(22,7)31(8)13-9-24-28(4,5)26(35)10-12-29(24,6)25(31)11-18-33/h18,21-25H,9-17,19-20H2,1-8H3/t22?,23?,24?,25-,29+,30-,31-,32?/m1/s1. The maximum Gasteiger partial charge on any atom is 0.293 e. The Balaban J connectivity index is 1.76. The normalized spacial score (nSPS) is 47.8. The van der Waals surface area contributed by atoms with E-state index in [1.165, 1.54) is 19.1 Å². The van der Waals surface area contributed by atoms with Gasteiger partial charge in [-0.25, -0.2) is 0 Å². The zero-order valence-electron chi connectivity index (χ0n) is 24.4. The highest BCUT2D eigenvalue weighted by molar-refractivity contribution is 5.85. The number of Topliss-reactive ketones (excluding diaryl/α,β-unsaturated/α-hetero) is 1. The summed E-state index contributed by atoms with van der Waals surface area (Å²) in [5.41, 5.74) is 0.157. The largest absolute Gasteiger partial charge is 0.467 e. The molecule has 0 radical (unpaired) electrons. The van der Waals surface area contributed by atoms with Crippen LogP contribution in [0.5, 0.6) is 0 Å². The monoisotopic (exact) mass is 500 g/mol. The first-order valence-corrected chi connectivity index (χ1v) is 14.7. The highest BCUT2D eigenvalue weighted by Crippen LogP contribution is 2.73. The minimum atomic E-state index is -0.316. The van der Waals surface area contributed by atoms with Crippen molar-refractivity contribution in [3.63, 3.8) is 0 Å². The molecule has 4 unspecified atom stereocenters. The predicted octanol–water partition coefficient (Wildman–Crippen LogP) is 7.43. The minimum absolute atomic E-state index is 0.00491. The van der Waals surface area contributed by atoms with Gasteiger partial charge < -0.3 is 9.53 Å². The van der Waals surface area contributed by atoms with E-state index >= 15 is 0 Å². The molecule has 0 aromatic rings. The summed E-state index contributed by atoms with van der Waals surface area (Å²) in [5.74, 6) is 1.99. The summed E-state index contributed by atoms with van der Waals surface area (Å²) in [7, 11) is 0. The third kappa shape index (κ3) is 3.85. The highest BCUT2D eigenvalue weighted by atomic mass is 16.5. The van der Waals surface area contributed by atoms with E-state index < -0.39 is 0 Å². The maximum atomic E-state index is 13.0. The van der Waals surface area contributed by atoms with Crippen LogP contribution in [0.2, 0.25) is 0 Å². The Morgan fingerprint density at radius 2 is 1.56 bits per heavy atom. The van der Waals surface area contributed by atoms with Gasteiger partial charge in [-0.2, -0.15) is 0 Å². The topological polar surface area (TPSA) is 60.4 Å². The predicted molar refractivity (Wildman–Crippen MR) is 143 cm³/mol. The molecule has 0 heterocycles. The van der Waals surface area contributed by atoms with Crippen molar-refractivity contribution in [2.45, 2.75) is 120 Å². The lowest BCUT2D eigenvalue weighted by Crippen LogP contribution is -2.64. The van der Waals surface area contributed by atoms with Gasteiger partial charge in [0.05, 0.1) is 6.61 Å². The molecule has 0 aromatic heterocycles. The van der Waals surface area contributed by atoms with Crippen LogP contribution < -0.4 is 0 Å². The van der Waals surface area contributed by atoms with Crippen LogP contribution in [0.1, 0.15) is 120 Å². The smallest absolute Gasteiger partial charge is 0.293 e. The second-order valence-corrected chi connectivity index (χ2v) is 15.6. The molecule has 4 fully saturated rings. The average molecular weight is 501 g/mol. The number of carbonyl (C=O) groups is 3. The number of carbonyl (C=O) groups excluding carboxylic acids is 3. The van der Waals surface area contributed by atoms with E-state index in [0.29, 0.717) is 54.9 Å². The van der Waals surface area contributed by atoms with Crippen molar-refractivity contribution in [1.82, 2.24) is 0 Å². The van der Waals surface area contributed by atoms with Crippen molar-refractivity contribution in [2.75, 3.05) is 6.61 Å². The summed E-state index contributed by atoms with van der Waals surface area (Å²) in [6.07, 6.45) is 11.1. The van der Waals surface area contributed by atoms with Crippen LogP contribution in [0.3, 0.4) is 0 Å². The summed E-state index contributed by atoms with van der Waals surface area (Å²) < 4.78 is 5.51. The lowest BCUT2D eigenvalue weighted by Gasteiger charge is -2.70. The number of hydrogen-bond donors (Lipinski definition) is 0. The Morgan fingerprint density at radius 3 is 2.19 bits per heavy atom. The van der Waals surface area contributed by atoms with Crippen LogP contribution in [0.4, 0.5) is 0 Å². The second-order valence-electron chi connectivity index (χ2n) is 15.6. The van der Waals surface area contributed by atoms with Crippen molar-refractivity contribution < 1.29 is 19.1 Å². The van der Waals surface area contributed by atoms with E-state index in [4.69, 9.17) is 4.74 Å². The molecule has 4 heteroatoms. The quantitative estimate of drug-likeness (QED) is 0.356. The van der Waals surface area contributed by atoms with Crippen molar-refractivity contribution in [2.24, 2.45) is 56.2 Å². The molecule has 4 saturated carbocycles. The van der Waals surface area contributed by atoms with Gasteiger partial charge in [-0.3, -0.25) is 9.59 Å².